The molecule has 0 saturated carbocycles. The summed E-state index contributed by atoms with van der Waals surface area (Å²) in [4.78, 5) is 15.5. The molecule has 0 bridgehead atoms. The number of pyridine rings is 1. The molecule has 6 heteroatoms. The van der Waals surface area contributed by atoms with Crippen LogP contribution in [0.4, 0.5) is 4.39 Å². The van der Waals surface area contributed by atoms with Crippen LogP contribution in [0.5, 0.6) is 0 Å². The van der Waals surface area contributed by atoms with E-state index in [4.69, 9.17) is 5.73 Å². The number of nitrogens with zero attached hydrogens (tertiary/aromatic N) is 3. The minimum absolute atomic E-state index is 0.284. The van der Waals surface area contributed by atoms with Gasteiger partial charge in [0.1, 0.15) is 5.82 Å². The second kappa shape index (κ2) is 5.16. The van der Waals surface area contributed by atoms with Crippen molar-refractivity contribution in [3.05, 3.63) is 66.2 Å². The van der Waals surface area contributed by atoms with Crippen molar-refractivity contribution in [3.8, 4) is 17.1 Å². The lowest BCUT2D eigenvalue weighted by Crippen LogP contribution is -2.15. The van der Waals surface area contributed by atoms with Crippen molar-refractivity contribution in [1.29, 1.82) is 0 Å². The van der Waals surface area contributed by atoms with Gasteiger partial charge in [0, 0.05) is 18.0 Å². The summed E-state index contributed by atoms with van der Waals surface area (Å²) in [5.74, 6) is -0.519. The number of nitrogens with two attached hydrogens (primary N) is 1. The van der Waals surface area contributed by atoms with Crippen LogP contribution in [0.15, 0.2) is 54.9 Å². The van der Waals surface area contributed by atoms with Crippen LogP contribution in [0, 0.1) is 5.82 Å². The van der Waals surface area contributed by atoms with E-state index in [1.54, 1.807) is 42.7 Å². The van der Waals surface area contributed by atoms with E-state index in [9.17, 15) is 9.18 Å². The molecule has 2 aromatic heterocycles. The Morgan fingerprint density at radius 1 is 1.14 bits per heavy atom. The molecule has 1 aromatic carbocycles. The van der Waals surface area contributed by atoms with Gasteiger partial charge >= 0.3 is 0 Å². The number of primary amides is 1. The fourth-order valence-electron chi connectivity index (χ4n) is 1.99. The summed E-state index contributed by atoms with van der Waals surface area (Å²) in [5, 5.41) is 4.35. The van der Waals surface area contributed by atoms with Crippen molar-refractivity contribution in [2.75, 3.05) is 0 Å². The monoisotopic (exact) mass is 282 g/mol. The number of amides is 1. The number of halogens is 1. The maximum absolute atomic E-state index is 12.9. The summed E-state index contributed by atoms with van der Waals surface area (Å²) in [6, 6.07) is 11.0. The summed E-state index contributed by atoms with van der Waals surface area (Å²) in [7, 11) is 0. The summed E-state index contributed by atoms with van der Waals surface area (Å²) in [5.41, 5.74) is 7.03. The number of rotatable bonds is 3. The van der Waals surface area contributed by atoms with Crippen LogP contribution in [0.2, 0.25) is 0 Å². The molecule has 0 spiro atoms. The minimum atomic E-state index is -0.572. The van der Waals surface area contributed by atoms with Gasteiger partial charge in [0.05, 0.1) is 11.3 Å². The molecule has 104 valence electrons. The van der Waals surface area contributed by atoms with Crippen molar-refractivity contribution in [3.63, 3.8) is 0 Å². The first-order valence-corrected chi connectivity index (χ1v) is 6.22. The van der Waals surface area contributed by atoms with E-state index in [2.05, 4.69) is 10.1 Å². The molecular weight excluding hydrogens is 271 g/mol. The van der Waals surface area contributed by atoms with E-state index < -0.39 is 5.91 Å². The van der Waals surface area contributed by atoms with Crippen molar-refractivity contribution >= 4 is 5.91 Å². The third-order valence-electron chi connectivity index (χ3n) is 3.00. The van der Waals surface area contributed by atoms with Gasteiger partial charge in [0.15, 0.2) is 5.82 Å². The van der Waals surface area contributed by atoms with Crippen LogP contribution in [0.25, 0.3) is 17.1 Å². The maximum atomic E-state index is 12.9. The Labute approximate surface area is 119 Å². The summed E-state index contributed by atoms with van der Waals surface area (Å²) < 4.78 is 14.4. The molecule has 0 atom stereocenters. The van der Waals surface area contributed by atoms with E-state index in [-0.39, 0.29) is 11.4 Å². The molecule has 3 rings (SSSR count). The molecule has 2 N–H and O–H groups in total. The highest BCUT2D eigenvalue weighted by Gasteiger charge is 2.12. The lowest BCUT2D eigenvalue weighted by molar-refractivity contribution is 0.1000. The SMILES string of the molecule is NC(=O)c1cccnc1-n1ccc(-c2ccc(F)cc2)n1. The van der Waals surface area contributed by atoms with Crippen LogP contribution in [0.1, 0.15) is 10.4 Å². The van der Waals surface area contributed by atoms with Crippen LogP contribution in [-0.4, -0.2) is 20.7 Å². The average molecular weight is 282 g/mol. The first-order chi connectivity index (χ1) is 10.1. The van der Waals surface area contributed by atoms with E-state index in [1.165, 1.54) is 16.8 Å². The van der Waals surface area contributed by atoms with Gasteiger partial charge in [-0.1, -0.05) is 0 Å². The fourth-order valence-corrected chi connectivity index (χ4v) is 1.99. The molecule has 0 aliphatic heterocycles. The number of hydrogen-bond donors (Lipinski definition) is 1. The number of carbonyl (C=O) groups is 1. The number of aromatic nitrogens is 3. The summed E-state index contributed by atoms with van der Waals surface area (Å²) in [6.45, 7) is 0. The summed E-state index contributed by atoms with van der Waals surface area (Å²) >= 11 is 0. The van der Waals surface area contributed by atoms with Crippen LogP contribution in [0.3, 0.4) is 0 Å². The first kappa shape index (κ1) is 13.0. The van der Waals surface area contributed by atoms with Gasteiger partial charge in [0.2, 0.25) is 0 Å². The quantitative estimate of drug-likeness (QED) is 0.800. The zero-order chi connectivity index (χ0) is 14.8. The second-order valence-corrected chi connectivity index (χ2v) is 4.39. The Balaban J connectivity index is 2.03. The highest BCUT2D eigenvalue weighted by molar-refractivity contribution is 5.95. The van der Waals surface area contributed by atoms with Crippen molar-refractivity contribution in [2.45, 2.75) is 0 Å². The van der Waals surface area contributed by atoms with Crippen molar-refractivity contribution in [2.24, 2.45) is 5.73 Å². The molecule has 0 radical (unpaired) electrons. The van der Waals surface area contributed by atoms with E-state index in [0.29, 0.717) is 11.5 Å². The second-order valence-electron chi connectivity index (χ2n) is 4.39. The third kappa shape index (κ3) is 2.51. The van der Waals surface area contributed by atoms with Crippen molar-refractivity contribution < 1.29 is 9.18 Å². The van der Waals surface area contributed by atoms with E-state index in [1.807, 2.05) is 0 Å². The molecule has 0 saturated heterocycles. The molecule has 5 nitrogen and oxygen atoms in total. The first-order valence-electron chi connectivity index (χ1n) is 6.22. The zero-order valence-electron chi connectivity index (χ0n) is 10.9. The molecule has 2 heterocycles. The van der Waals surface area contributed by atoms with Crippen LogP contribution in [-0.2, 0) is 0 Å². The van der Waals surface area contributed by atoms with Gasteiger partial charge < -0.3 is 5.73 Å². The fraction of sp³-hybridized carbons (Fsp3) is 0. The third-order valence-corrected chi connectivity index (χ3v) is 3.00. The number of carbonyl (C=O) groups excluding carboxylic acids is 1. The molecule has 1 amide bonds. The Bertz CT molecular complexity index is 795. The van der Waals surface area contributed by atoms with Gasteiger partial charge in [-0.05, 0) is 42.5 Å². The number of benzene rings is 1. The summed E-state index contributed by atoms with van der Waals surface area (Å²) in [6.07, 6.45) is 3.23. The zero-order valence-corrected chi connectivity index (χ0v) is 10.9. The van der Waals surface area contributed by atoms with Crippen LogP contribution < -0.4 is 5.73 Å². The van der Waals surface area contributed by atoms with Crippen LogP contribution >= 0.6 is 0 Å². The largest absolute Gasteiger partial charge is 0.365 e. The Hall–Kier alpha value is -3.02. The Morgan fingerprint density at radius 2 is 1.90 bits per heavy atom. The Kier molecular flexibility index (Phi) is 3.19. The Morgan fingerprint density at radius 3 is 2.62 bits per heavy atom. The highest BCUT2D eigenvalue weighted by atomic mass is 19.1. The molecule has 21 heavy (non-hydrogen) atoms. The van der Waals surface area contributed by atoms with Gasteiger partial charge in [0.25, 0.3) is 5.91 Å². The molecular formula is C15H11FN4O. The van der Waals surface area contributed by atoms with Gasteiger partial charge in [-0.2, -0.15) is 5.10 Å². The lowest BCUT2D eigenvalue weighted by Gasteiger charge is -2.04. The van der Waals surface area contributed by atoms with Crippen molar-refractivity contribution in [1.82, 2.24) is 14.8 Å². The maximum Gasteiger partial charge on any atom is 0.252 e. The lowest BCUT2D eigenvalue weighted by atomic mass is 10.1. The predicted octanol–water partition coefficient (Wildman–Crippen LogP) is 2.17. The van der Waals surface area contributed by atoms with Gasteiger partial charge in [-0.3, -0.25) is 4.79 Å². The normalized spacial score (nSPS) is 10.5. The van der Waals surface area contributed by atoms with E-state index >= 15 is 0 Å². The van der Waals surface area contributed by atoms with Gasteiger partial charge in [-0.25, -0.2) is 14.1 Å². The minimum Gasteiger partial charge on any atom is -0.365 e. The van der Waals surface area contributed by atoms with Gasteiger partial charge in [-0.15, -0.1) is 0 Å². The molecule has 0 aliphatic carbocycles. The number of hydrogen-bond acceptors (Lipinski definition) is 3. The van der Waals surface area contributed by atoms with E-state index in [0.717, 1.165) is 5.56 Å². The average Bonchev–Trinajstić information content (AvgIpc) is 2.97. The highest BCUT2D eigenvalue weighted by Crippen LogP contribution is 2.19. The molecule has 0 fully saturated rings. The topological polar surface area (TPSA) is 73.8 Å². The molecule has 0 aliphatic rings. The molecule has 3 aromatic rings. The standard InChI is InChI=1S/C15H11FN4O/c16-11-5-3-10(4-6-11)13-7-9-20(19-13)15-12(14(17)21)2-1-8-18-15/h1-9H,(H2,17,21). The smallest absolute Gasteiger partial charge is 0.252 e. The molecule has 0 unspecified atom stereocenters. The predicted molar refractivity (Wildman–Crippen MR) is 75.3 cm³/mol.